The lowest BCUT2D eigenvalue weighted by Gasteiger charge is -2.30. The van der Waals surface area contributed by atoms with Crippen molar-refractivity contribution in [3.05, 3.63) is 41.6 Å². The number of ether oxygens (including phenoxy) is 1. The highest BCUT2D eigenvalue weighted by Crippen LogP contribution is 2.29. The van der Waals surface area contributed by atoms with Crippen LogP contribution in [0.4, 0.5) is 0 Å². The molecule has 2 heterocycles. The number of pyridine rings is 1. The van der Waals surface area contributed by atoms with Gasteiger partial charge in [-0.15, -0.1) is 0 Å². The molecule has 0 amide bonds. The zero-order valence-corrected chi connectivity index (χ0v) is 11.8. The van der Waals surface area contributed by atoms with Crippen molar-refractivity contribution in [2.24, 2.45) is 11.8 Å². The van der Waals surface area contributed by atoms with Crippen LogP contribution in [0.3, 0.4) is 0 Å². The van der Waals surface area contributed by atoms with Gasteiger partial charge in [0.15, 0.2) is 0 Å². The summed E-state index contributed by atoms with van der Waals surface area (Å²) in [6.07, 6.45) is 2.26. The molecule has 0 saturated carbocycles. The standard InChI is InChI=1S/C16H21N3O/c1-11-4-5-12-9-13(6-7-15(12)18-11)16(19-17)14-3-2-8-20-10-14/h4-7,9,14,16,19H,2-3,8,10,17H2,1H3. The van der Waals surface area contributed by atoms with E-state index in [1.807, 2.05) is 13.0 Å². The predicted molar refractivity (Wildman–Crippen MR) is 80.1 cm³/mol. The van der Waals surface area contributed by atoms with Crippen molar-refractivity contribution in [2.75, 3.05) is 13.2 Å². The van der Waals surface area contributed by atoms with E-state index in [9.17, 15) is 0 Å². The second-order valence-corrected chi connectivity index (χ2v) is 5.53. The number of nitrogens with zero attached hydrogens (tertiary/aromatic N) is 1. The van der Waals surface area contributed by atoms with Crippen LogP contribution in [0.25, 0.3) is 10.9 Å². The van der Waals surface area contributed by atoms with Crippen LogP contribution < -0.4 is 11.3 Å². The van der Waals surface area contributed by atoms with Crippen molar-refractivity contribution >= 4 is 10.9 Å². The van der Waals surface area contributed by atoms with Crippen LogP contribution in [0.15, 0.2) is 30.3 Å². The third-order valence-corrected chi connectivity index (χ3v) is 4.06. The van der Waals surface area contributed by atoms with Gasteiger partial charge in [-0.3, -0.25) is 16.3 Å². The summed E-state index contributed by atoms with van der Waals surface area (Å²) in [6, 6.07) is 10.7. The SMILES string of the molecule is Cc1ccc2cc(C(NN)C3CCCOC3)ccc2n1. The van der Waals surface area contributed by atoms with Gasteiger partial charge in [-0.2, -0.15) is 0 Å². The maximum absolute atomic E-state index is 5.78. The Hall–Kier alpha value is -1.49. The molecule has 0 radical (unpaired) electrons. The molecule has 0 aliphatic carbocycles. The lowest BCUT2D eigenvalue weighted by atomic mass is 9.88. The minimum Gasteiger partial charge on any atom is -0.381 e. The first-order valence-corrected chi connectivity index (χ1v) is 7.19. The van der Waals surface area contributed by atoms with E-state index in [2.05, 4.69) is 34.7 Å². The van der Waals surface area contributed by atoms with E-state index in [0.717, 1.165) is 42.7 Å². The summed E-state index contributed by atoms with van der Waals surface area (Å²) in [5.74, 6) is 6.22. The van der Waals surface area contributed by atoms with Gasteiger partial charge in [0.25, 0.3) is 0 Å². The molecule has 0 spiro atoms. The summed E-state index contributed by atoms with van der Waals surface area (Å²) in [5.41, 5.74) is 6.25. The first-order valence-electron chi connectivity index (χ1n) is 7.19. The van der Waals surface area contributed by atoms with E-state index in [1.54, 1.807) is 0 Å². The van der Waals surface area contributed by atoms with Crippen LogP contribution in [-0.2, 0) is 4.74 Å². The number of fused-ring (bicyclic) bond motifs is 1. The van der Waals surface area contributed by atoms with Gasteiger partial charge in [0, 0.05) is 23.6 Å². The zero-order valence-electron chi connectivity index (χ0n) is 11.8. The lowest BCUT2D eigenvalue weighted by Crippen LogP contribution is -2.37. The van der Waals surface area contributed by atoms with Crippen molar-refractivity contribution in [3.8, 4) is 0 Å². The Morgan fingerprint density at radius 2 is 2.25 bits per heavy atom. The molecule has 1 aromatic carbocycles. The van der Waals surface area contributed by atoms with Crippen molar-refractivity contribution in [2.45, 2.75) is 25.8 Å². The molecule has 1 aliphatic heterocycles. The number of aromatic nitrogens is 1. The van der Waals surface area contributed by atoms with Gasteiger partial charge in [-0.05, 0) is 43.5 Å². The quantitative estimate of drug-likeness (QED) is 0.665. The molecule has 1 saturated heterocycles. The van der Waals surface area contributed by atoms with Crippen LogP contribution >= 0.6 is 0 Å². The first-order chi connectivity index (χ1) is 9.78. The van der Waals surface area contributed by atoms with E-state index < -0.39 is 0 Å². The summed E-state index contributed by atoms with van der Waals surface area (Å²) < 4.78 is 5.58. The average Bonchev–Trinajstić information content (AvgIpc) is 2.49. The Morgan fingerprint density at radius 3 is 3.00 bits per heavy atom. The third kappa shape index (κ3) is 2.68. The highest BCUT2D eigenvalue weighted by atomic mass is 16.5. The van der Waals surface area contributed by atoms with E-state index in [0.29, 0.717) is 5.92 Å². The smallest absolute Gasteiger partial charge is 0.0705 e. The summed E-state index contributed by atoms with van der Waals surface area (Å²) in [7, 11) is 0. The molecular weight excluding hydrogens is 250 g/mol. The number of aryl methyl sites for hydroxylation is 1. The molecule has 4 nitrogen and oxygen atoms in total. The average molecular weight is 271 g/mol. The van der Waals surface area contributed by atoms with Crippen molar-refractivity contribution in [3.63, 3.8) is 0 Å². The number of hydrogen-bond acceptors (Lipinski definition) is 4. The second kappa shape index (κ2) is 5.87. The Balaban J connectivity index is 1.92. The molecule has 2 unspecified atom stereocenters. The topological polar surface area (TPSA) is 60.2 Å². The molecule has 1 fully saturated rings. The number of hydrogen-bond donors (Lipinski definition) is 2. The first kappa shape index (κ1) is 13.5. The molecule has 2 aromatic rings. The summed E-state index contributed by atoms with van der Waals surface area (Å²) in [6.45, 7) is 3.66. The minimum absolute atomic E-state index is 0.140. The van der Waals surface area contributed by atoms with Gasteiger partial charge in [-0.1, -0.05) is 12.1 Å². The zero-order chi connectivity index (χ0) is 13.9. The highest BCUT2D eigenvalue weighted by Gasteiger charge is 2.24. The molecule has 20 heavy (non-hydrogen) atoms. The van der Waals surface area contributed by atoms with E-state index >= 15 is 0 Å². The van der Waals surface area contributed by atoms with Crippen molar-refractivity contribution < 1.29 is 4.74 Å². The molecule has 3 N–H and O–H groups in total. The lowest BCUT2D eigenvalue weighted by molar-refractivity contribution is 0.0390. The van der Waals surface area contributed by atoms with Gasteiger partial charge >= 0.3 is 0 Å². The Labute approximate surface area is 119 Å². The van der Waals surface area contributed by atoms with Gasteiger partial charge < -0.3 is 4.74 Å². The van der Waals surface area contributed by atoms with Gasteiger partial charge in [-0.25, -0.2) is 0 Å². The summed E-state index contributed by atoms with van der Waals surface area (Å²) >= 11 is 0. The molecule has 4 heteroatoms. The molecule has 0 bridgehead atoms. The minimum atomic E-state index is 0.140. The molecule has 3 rings (SSSR count). The normalized spacial score (nSPS) is 21.0. The van der Waals surface area contributed by atoms with E-state index in [1.165, 1.54) is 5.56 Å². The van der Waals surface area contributed by atoms with Crippen LogP contribution in [0, 0.1) is 12.8 Å². The predicted octanol–water partition coefficient (Wildman–Crippen LogP) is 2.47. The monoisotopic (exact) mass is 271 g/mol. The molecule has 106 valence electrons. The fourth-order valence-corrected chi connectivity index (χ4v) is 2.97. The maximum Gasteiger partial charge on any atom is 0.0705 e. The van der Waals surface area contributed by atoms with Crippen LogP contribution in [0.5, 0.6) is 0 Å². The summed E-state index contributed by atoms with van der Waals surface area (Å²) in [5, 5.41) is 1.16. The number of benzene rings is 1. The van der Waals surface area contributed by atoms with E-state index in [4.69, 9.17) is 10.6 Å². The van der Waals surface area contributed by atoms with Crippen LogP contribution in [0.2, 0.25) is 0 Å². The maximum atomic E-state index is 5.78. The number of hydrazine groups is 1. The van der Waals surface area contributed by atoms with Gasteiger partial charge in [0.1, 0.15) is 0 Å². The van der Waals surface area contributed by atoms with Gasteiger partial charge in [0.05, 0.1) is 18.2 Å². The fourth-order valence-electron chi connectivity index (χ4n) is 2.97. The number of nitrogens with two attached hydrogens (primary N) is 1. The van der Waals surface area contributed by atoms with E-state index in [-0.39, 0.29) is 6.04 Å². The Morgan fingerprint density at radius 1 is 1.35 bits per heavy atom. The molecule has 1 aliphatic rings. The molecule has 2 atom stereocenters. The third-order valence-electron chi connectivity index (χ3n) is 4.06. The molecular formula is C16H21N3O. The van der Waals surface area contributed by atoms with Crippen LogP contribution in [-0.4, -0.2) is 18.2 Å². The van der Waals surface area contributed by atoms with Gasteiger partial charge in [0.2, 0.25) is 0 Å². The van der Waals surface area contributed by atoms with Crippen molar-refractivity contribution in [1.82, 2.24) is 10.4 Å². The molecule has 1 aromatic heterocycles. The Kier molecular flexibility index (Phi) is 3.96. The second-order valence-electron chi connectivity index (χ2n) is 5.53. The Bertz CT molecular complexity index is 593. The van der Waals surface area contributed by atoms with Crippen molar-refractivity contribution in [1.29, 1.82) is 0 Å². The highest BCUT2D eigenvalue weighted by molar-refractivity contribution is 5.79. The largest absolute Gasteiger partial charge is 0.381 e. The fraction of sp³-hybridized carbons (Fsp3) is 0.438. The summed E-state index contributed by atoms with van der Waals surface area (Å²) in [4.78, 5) is 4.54. The van der Waals surface area contributed by atoms with Crippen LogP contribution in [0.1, 0.15) is 30.1 Å². The number of rotatable bonds is 3. The number of nitrogens with one attached hydrogen (secondary N) is 1.